The number of aliphatic imine (C=N–C) groups is 1. The second kappa shape index (κ2) is 9.08. The van der Waals surface area contributed by atoms with Crippen LogP contribution in [0.4, 0.5) is 14.5 Å². The first kappa shape index (κ1) is 19.7. The summed E-state index contributed by atoms with van der Waals surface area (Å²) < 4.78 is 31.7. The van der Waals surface area contributed by atoms with Gasteiger partial charge in [-0.25, -0.2) is 18.8 Å². The van der Waals surface area contributed by atoms with Crippen LogP contribution in [0.1, 0.15) is 23.7 Å². The van der Waals surface area contributed by atoms with Crippen molar-refractivity contribution >= 4 is 47.0 Å². The van der Waals surface area contributed by atoms with Gasteiger partial charge in [0.05, 0.1) is 17.9 Å². The molecule has 9 heteroatoms. The lowest BCUT2D eigenvalue weighted by Gasteiger charge is -2.06. The molecule has 0 amide bonds. The van der Waals surface area contributed by atoms with Crippen molar-refractivity contribution < 1.29 is 13.5 Å². The molecule has 0 saturated heterocycles. The van der Waals surface area contributed by atoms with E-state index in [-0.39, 0.29) is 48.3 Å². The first-order valence-corrected chi connectivity index (χ1v) is 7.36. The number of nitrogens with one attached hydrogen (secondary N) is 1. The molecule has 0 radical (unpaired) electrons. The molecule has 1 unspecified atom stereocenters. The summed E-state index contributed by atoms with van der Waals surface area (Å²) in [6.45, 7) is 2.14. The summed E-state index contributed by atoms with van der Waals surface area (Å²) >= 11 is 1.47. The Morgan fingerprint density at radius 2 is 2.22 bits per heavy atom. The van der Waals surface area contributed by atoms with Crippen molar-refractivity contribution in [2.75, 3.05) is 12.4 Å². The number of benzene rings is 1. The van der Waals surface area contributed by atoms with Gasteiger partial charge in [-0.3, -0.25) is 0 Å². The Hall–Kier alpha value is -1.33. The van der Waals surface area contributed by atoms with E-state index in [0.29, 0.717) is 0 Å². The minimum Gasteiger partial charge on any atom is -0.375 e. The van der Waals surface area contributed by atoms with Crippen molar-refractivity contribution in [2.24, 2.45) is 10.7 Å². The summed E-state index contributed by atoms with van der Waals surface area (Å²) in [5.74, 6) is -1.18. The lowest BCUT2D eigenvalue weighted by Crippen LogP contribution is -2.23. The van der Waals surface area contributed by atoms with Crippen LogP contribution < -0.4 is 11.1 Å². The molecule has 0 saturated carbocycles. The summed E-state index contributed by atoms with van der Waals surface area (Å²) in [7, 11) is 1.61. The molecule has 3 N–H and O–H groups in total. The molecule has 1 aromatic carbocycles. The van der Waals surface area contributed by atoms with Crippen LogP contribution in [0.5, 0.6) is 0 Å². The predicted octanol–water partition coefficient (Wildman–Crippen LogP) is 3.67. The molecule has 2 rings (SSSR count). The van der Waals surface area contributed by atoms with Crippen molar-refractivity contribution in [1.82, 2.24) is 4.98 Å². The van der Waals surface area contributed by atoms with E-state index >= 15 is 0 Å². The van der Waals surface area contributed by atoms with E-state index in [0.717, 1.165) is 28.9 Å². The lowest BCUT2D eigenvalue weighted by molar-refractivity contribution is 0.119. The van der Waals surface area contributed by atoms with Crippen LogP contribution in [0.25, 0.3) is 0 Å². The molecule has 0 spiro atoms. The molecule has 5 nitrogen and oxygen atoms in total. The molecule has 0 fully saturated rings. The maximum Gasteiger partial charge on any atom is 0.193 e. The third kappa shape index (κ3) is 5.66. The predicted molar refractivity (Wildman–Crippen MR) is 98.3 cm³/mol. The van der Waals surface area contributed by atoms with E-state index in [2.05, 4.69) is 15.3 Å². The number of nitrogens with zero attached hydrogens (tertiary/aromatic N) is 2. The number of anilines is 1. The number of hydrogen-bond acceptors (Lipinski definition) is 4. The van der Waals surface area contributed by atoms with Gasteiger partial charge in [0.25, 0.3) is 0 Å². The fourth-order valence-corrected chi connectivity index (χ4v) is 2.46. The summed E-state index contributed by atoms with van der Waals surface area (Å²) in [6.07, 6.45) is -0.0837. The Bertz CT molecular complexity index is 681. The zero-order valence-electron chi connectivity index (χ0n) is 12.5. The van der Waals surface area contributed by atoms with Gasteiger partial charge in [0.1, 0.15) is 22.7 Å². The summed E-state index contributed by atoms with van der Waals surface area (Å²) in [5, 5.41) is 5.22. The Morgan fingerprint density at radius 1 is 1.48 bits per heavy atom. The Labute approximate surface area is 154 Å². The van der Waals surface area contributed by atoms with E-state index < -0.39 is 11.6 Å². The summed E-state index contributed by atoms with van der Waals surface area (Å²) in [6, 6.07) is 3.06. The highest BCUT2D eigenvalue weighted by Crippen LogP contribution is 2.20. The number of hydrogen-bond donors (Lipinski definition) is 2. The number of nitrogens with two attached hydrogens (primary N) is 1. The van der Waals surface area contributed by atoms with Gasteiger partial charge < -0.3 is 15.8 Å². The molecule has 0 bridgehead atoms. The second-order valence-corrected chi connectivity index (χ2v) is 5.40. The van der Waals surface area contributed by atoms with Crippen molar-refractivity contribution in [2.45, 2.75) is 19.6 Å². The first-order valence-electron chi connectivity index (χ1n) is 6.48. The highest BCUT2D eigenvalue weighted by molar-refractivity contribution is 14.0. The average Bonchev–Trinajstić information content (AvgIpc) is 2.97. The molecule has 126 valence electrons. The molecule has 0 aliphatic heterocycles. The van der Waals surface area contributed by atoms with Crippen LogP contribution in [0.3, 0.4) is 0 Å². The third-order valence-electron chi connectivity index (χ3n) is 2.87. The topological polar surface area (TPSA) is 72.5 Å². The van der Waals surface area contributed by atoms with Gasteiger partial charge in [-0.2, -0.15) is 0 Å². The highest BCUT2D eigenvalue weighted by atomic mass is 127. The molecular weight excluding hydrogens is 437 g/mol. The SMILES string of the molecule is COC(C)c1nc(CN=C(N)Nc2cc(F)ccc2F)cs1.I. The standard InChI is InChI=1S/C14H16F2N4OS.HI/c1-8(21-2)13-19-10(7-22-13)6-18-14(17)20-12-5-9(15)3-4-11(12)16;/h3-5,7-8H,6H2,1-2H3,(H3,17,18,20);1H. The van der Waals surface area contributed by atoms with Crippen molar-refractivity contribution in [3.05, 3.63) is 45.9 Å². The summed E-state index contributed by atoms with van der Waals surface area (Å²) in [4.78, 5) is 8.42. The molecule has 1 aromatic heterocycles. The van der Waals surface area contributed by atoms with Crippen LogP contribution in [-0.4, -0.2) is 18.1 Å². The smallest absolute Gasteiger partial charge is 0.193 e. The second-order valence-electron chi connectivity index (χ2n) is 4.51. The number of ether oxygens (including phenoxy) is 1. The molecule has 0 aliphatic carbocycles. The average molecular weight is 454 g/mol. The van der Waals surface area contributed by atoms with Crippen LogP contribution in [0.15, 0.2) is 28.6 Å². The third-order valence-corrected chi connectivity index (χ3v) is 3.93. The van der Waals surface area contributed by atoms with E-state index in [1.54, 1.807) is 7.11 Å². The lowest BCUT2D eigenvalue weighted by atomic mass is 10.3. The monoisotopic (exact) mass is 454 g/mol. The largest absolute Gasteiger partial charge is 0.375 e. The molecule has 1 atom stereocenters. The maximum absolute atomic E-state index is 13.5. The van der Waals surface area contributed by atoms with Gasteiger partial charge in [0.15, 0.2) is 5.96 Å². The van der Waals surface area contributed by atoms with Crippen LogP contribution in [0, 0.1) is 11.6 Å². The molecule has 1 heterocycles. The van der Waals surface area contributed by atoms with E-state index in [9.17, 15) is 8.78 Å². The number of methoxy groups -OCH3 is 1. The van der Waals surface area contributed by atoms with Crippen molar-refractivity contribution in [3.63, 3.8) is 0 Å². The van der Waals surface area contributed by atoms with E-state index in [1.165, 1.54) is 11.3 Å². The molecule has 2 aromatic rings. The number of aromatic nitrogens is 1. The molecule has 0 aliphatic rings. The summed E-state index contributed by atoms with van der Waals surface area (Å²) in [5.41, 5.74) is 6.33. The maximum atomic E-state index is 13.5. The van der Waals surface area contributed by atoms with Gasteiger partial charge >= 0.3 is 0 Å². The van der Waals surface area contributed by atoms with Gasteiger partial charge in [0.2, 0.25) is 0 Å². The van der Waals surface area contributed by atoms with E-state index in [4.69, 9.17) is 10.5 Å². The first-order chi connectivity index (χ1) is 10.5. The number of thiazole rings is 1. The zero-order chi connectivity index (χ0) is 16.1. The van der Waals surface area contributed by atoms with Crippen LogP contribution >= 0.6 is 35.3 Å². The Kier molecular flexibility index (Phi) is 7.79. The Morgan fingerprint density at radius 3 is 2.91 bits per heavy atom. The van der Waals surface area contributed by atoms with Gasteiger partial charge in [0, 0.05) is 18.6 Å². The van der Waals surface area contributed by atoms with Crippen molar-refractivity contribution in [3.8, 4) is 0 Å². The van der Waals surface area contributed by atoms with Crippen LogP contribution in [-0.2, 0) is 11.3 Å². The van der Waals surface area contributed by atoms with Gasteiger partial charge in [-0.1, -0.05) is 0 Å². The minimum atomic E-state index is -0.607. The zero-order valence-corrected chi connectivity index (χ0v) is 15.7. The number of halogens is 3. The molecular formula is C14H17F2IN4OS. The molecule has 23 heavy (non-hydrogen) atoms. The quantitative estimate of drug-likeness (QED) is 0.411. The normalized spacial score (nSPS) is 12.6. The van der Waals surface area contributed by atoms with E-state index in [1.807, 2.05) is 12.3 Å². The fraction of sp³-hybridized carbons (Fsp3) is 0.286. The number of guanidine groups is 1. The minimum absolute atomic E-state index is 0. The number of rotatable bonds is 5. The highest BCUT2D eigenvalue weighted by Gasteiger charge is 2.09. The van der Waals surface area contributed by atoms with Gasteiger partial charge in [-0.05, 0) is 19.1 Å². The van der Waals surface area contributed by atoms with Crippen LogP contribution in [0.2, 0.25) is 0 Å². The van der Waals surface area contributed by atoms with Crippen molar-refractivity contribution in [1.29, 1.82) is 0 Å². The Balaban J connectivity index is 0.00000264. The fourth-order valence-electron chi connectivity index (χ4n) is 1.62. The van der Waals surface area contributed by atoms with Gasteiger partial charge in [-0.15, -0.1) is 35.3 Å².